The van der Waals surface area contributed by atoms with Crippen molar-refractivity contribution in [2.45, 2.75) is 33.0 Å². The third-order valence-corrected chi connectivity index (χ3v) is 5.23. The van der Waals surface area contributed by atoms with Gasteiger partial charge in [0, 0.05) is 24.8 Å². The largest absolute Gasteiger partial charge is 0.494 e. The summed E-state index contributed by atoms with van der Waals surface area (Å²) < 4.78 is 31.3. The van der Waals surface area contributed by atoms with Crippen LogP contribution in [0, 0.1) is 5.82 Å². The lowest BCUT2D eigenvalue weighted by molar-refractivity contribution is -0.00572. The molecule has 3 heterocycles. The number of rotatable bonds is 7. The molecular weight excluding hydrogens is 425 g/mol. The summed E-state index contributed by atoms with van der Waals surface area (Å²) in [4.78, 5) is 15.0. The van der Waals surface area contributed by atoms with Crippen molar-refractivity contribution in [2.24, 2.45) is 0 Å². The fourth-order valence-electron chi connectivity index (χ4n) is 3.84. The molecule has 0 aliphatic carbocycles. The Morgan fingerprint density at radius 3 is 2.48 bits per heavy atom. The van der Waals surface area contributed by atoms with Gasteiger partial charge in [0.15, 0.2) is 11.6 Å². The van der Waals surface area contributed by atoms with Gasteiger partial charge in [0.25, 0.3) is 0 Å². The zero-order valence-electron chi connectivity index (χ0n) is 19.2. The van der Waals surface area contributed by atoms with Gasteiger partial charge < -0.3 is 24.4 Å². The van der Waals surface area contributed by atoms with Crippen molar-refractivity contribution in [2.75, 3.05) is 37.0 Å². The lowest BCUT2D eigenvalue weighted by atomic mass is 10.1. The van der Waals surface area contributed by atoms with E-state index < -0.39 is 5.82 Å². The second-order valence-corrected chi connectivity index (χ2v) is 7.89. The van der Waals surface area contributed by atoms with Crippen LogP contribution >= 0.6 is 0 Å². The van der Waals surface area contributed by atoms with Gasteiger partial charge in [0.1, 0.15) is 11.4 Å². The van der Waals surface area contributed by atoms with E-state index in [0.29, 0.717) is 37.2 Å². The van der Waals surface area contributed by atoms with E-state index >= 15 is 0 Å². The molecule has 0 amide bonds. The Morgan fingerprint density at radius 1 is 1.09 bits per heavy atom. The highest BCUT2D eigenvalue weighted by molar-refractivity contribution is 5.72. The van der Waals surface area contributed by atoms with Crippen molar-refractivity contribution in [1.29, 1.82) is 0 Å². The van der Waals surface area contributed by atoms with Crippen LogP contribution in [-0.2, 0) is 4.74 Å². The highest BCUT2D eigenvalue weighted by Crippen LogP contribution is 2.32. The number of pyridine rings is 1. The van der Waals surface area contributed by atoms with Crippen LogP contribution in [0.1, 0.15) is 20.8 Å². The van der Waals surface area contributed by atoms with Crippen LogP contribution in [0.2, 0.25) is 0 Å². The Balaban J connectivity index is 1.62. The number of halogens is 1. The molecule has 2 atom stereocenters. The van der Waals surface area contributed by atoms with E-state index in [4.69, 9.17) is 14.2 Å². The Labute approximate surface area is 192 Å². The van der Waals surface area contributed by atoms with Gasteiger partial charge in [0.05, 0.1) is 32.1 Å². The molecule has 0 bridgehead atoms. The van der Waals surface area contributed by atoms with Crippen molar-refractivity contribution in [3.05, 3.63) is 48.5 Å². The average molecular weight is 454 g/mol. The Bertz CT molecular complexity index is 1090. The van der Waals surface area contributed by atoms with Crippen LogP contribution in [0.4, 0.5) is 21.8 Å². The van der Waals surface area contributed by atoms with E-state index in [0.717, 1.165) is 16.9 Å². The predicted octanol–water partition coefficient (Wildman–Crippen LogP) is 4.44. The number of anilines is 3. The number of hydrogen-bond acceptors (Lipinski definition) is 8. The van der Waals surface area contributed by atoms with Gasteiger partial charge in [-0.3, -0.25) is 0 Å². The molecule has 1 aromatic carbocycles. The molecular formula is C24H28FN5O3. The first-order chi connectivity index (χ1) is 16.0. The Hall–Kier alpha value is -3.46. The number of morpholine rings is 1. The van der Waals surface area contributed by atoms with E-state index in [1.54, 1.807) is 6.20 Å². The number of nitrogens with one attached hydrogen (secondary N) is 1. The third kappa shape index (κ3) is 5.31. The summed E-state index contributed by atoms with van der Waals surface area (Å²) in [5.41, 5.74) is 2.28. The number of aromatic nitrogens is 3. The van der Waals surface area contributed by atoms with E-state index in [-0.39, 0.29) is 18.0 Å². The summed E-state index contributed by atoms with van der Waals surface area (Å²) >= 11 is 0. The Morgan fingerprint density at radius 2 is 1.82 bits per heavy atom. The molecule has 8 nitrogen and oxygen atoms in total. The molecule has 2 aromatic heterocycles. The highest BCUT2D eigenvalue weighted by Gasteiger charge is 2.25. The van der Waals surface area contributed by atoms with E-state index in [1.165, 1.54) is 13.3 Å². The van der Waals surface area contributed by atoms with Gasteiger partial charge in [-0.25, -0.2) is 14.4 Å². The summed E-state index contributed by atoms with van der Waals surface area (Å²) in [5, 5.41) is 3.04. The number of methoxy groups -OCH3 is 1. The molecule has 1 aliphatic heterocycles. The maximum Gasteiger partial charge on any atom is 0.237 e. The molecule has 4 rings (SSSR count). The van der Waals surface area contributed by atoms with E-state index in [1.807, 2.05) is 56.0 Å². The monoisotopic (exact) mass is 453 g/mol. The fourth-order valence-corrected chi connectivity index (χ4v) is 3.84. The molecule has 174 valence electrons. The minimum Gasteiger partial charge on any atom is -0.494 e. The minimum atomic E-state index is -0.568. The van der Waals surface area contributed by atoms with Crippen LogP contribution < -0.4 is 19.7 Å². The van der Waals surface area contributed by atoms with Gasteiger partial charge in [-0.2, -0.15) is 4.98 Å². The molecule has 1 N–H and O–H groups in total. The number of ether oxygens (including phenoxy) is 3. The smallest absolute Gasteiger partial charge is 0.237 e. The normalized spacial score (nSPS) is 18.2. The molecule has 0 spiro atoms. The zero-order valence-corrected chi connectivity index (χ0v) is 19.2. The lowest BCUT2D eigenvalue weighted by Gasteiger charge is -2.35. The second-order valence-electron chi connectivity index (χ2n) is 7.89. The lowest BCUT2D eigenvalue weighted by Crippen LogP contribution is -2.46. The molecule has 33 heavy (non-hydrogen) atoms. The first-order valence-corrected chi connectivity index (χ1v) is 10.9. The summed E-state index contributed by atoms with van der Waals surface area (Å²) in [6, 6.07) is 9.54. The molecule has 1 aliphatic rings. The molecule has 9 heteroatoms. The van der Waals surface area contributed by atoms with Gasteiger partial charge in [0.2, 0.25) is 11.8 Å². The summed E-state index contributed by atoms with van der Waals surface area (Å²) in [7, 11) is 1.52. The van der Waals surface area contributed by atoms with Gasteiger partial charge in [-0.15, -0.1) is 0 Å². The van der Waals surface area contributed by atoms with Gasteiger partial charge in [-0.05, 0) is 44.5 Å². The number of hydrogen-bond donors (Lipinski definition) is 1. The molecule has 1 fully saturated rings. The second kappa shape index (κ2) is 9.99. The average Bonchev–Trinajstić information content (AvgIpc) is 2.80. The molecule has 0 unspecified atom stereocenters. The topological polar surface area (TPSA) is 81.6 Å². The Kier molecular flexibility index (Phi) is 6.88. The minimum absolute atomic E-state index is 0.0360. The fraction of sp³-hybridized carbons (Fsp3) is 0.375. The standard InChI is InChI=1S/C24H28FN5O3/c1-5-32-19-8-6-17(7-9-19)18-10-21(23(31-4)26-11-18)28-22-20(25)12-27-24(29-22)30-13-15(2)33-16(3)14-30/h6-12,15-16H,5,13-14H2,1-4H3,(H,27,28,29)/t15-,16+. The van der Waals surface area contributed by atoms with Crippen molar-refractivity contribution in [3.63, 3.8) is 0 Å². The first kappa shape index (κ1) is 22.7. The zero-order chi connectivity index (χ0) is 23.4. The third-order valence-electron chi connectivity index (χ3n) is 5.23. The van der Waals surface area contributed by atoms with Crippen LogP contribution in [0.15, 0.2) is 42.7 Å². The summed E-state index contributed by atoms with van der Waals surface area (Å²) in [5.74, 6) is 1.05. The number of benzene rings is 1. The van der Waals surface area contributed by atoms with Gasteiger partial charge in [-0.1, -0.05) is 12.1 Å². The summed E-state index contributed by atoms with van der Waals surface area (Å²) in [6.45, 7) is 7.80. The highest BCUT2D eigenvalue weighted by atomic mass is 19.1. The SMILES string of the molecule is CCOc1ccc(-c2cnc(OC)c(Nc3nc(N4C[C@@H](C)O[C@@H](C)C4)ncc3F)c2)cc1. The maximum atomic E-state index is 14.6. The van der Waals surface area contributed by atoms with Crippen molar-refractivity contribution in [1.82, 2.24) is 15.0 Å². The maximum absolute atomic E-state index is 14.6. The molecule has 0 radical (unpaired) electrons. The van der Waals surface area contributed by atoms with Crippen LogP contribution in [-0.4, -0.2) is 54.0 Å². The molecule has 0 saturated carbocycles. The van der Waals surface area contributed by atoms with Gasteiger partial charge >= 0.3 is 0 Å². The number of nitrogens with zero attached hydrogens (tertiary/aromatic N) is 4. The summed E-state index contributed by atoms with van der Waals surface area (Å²) in [6.07, 6.45) is 2.95. The van der Waals surface area contributed by atoms with Crippen molar-refractivity contribution >= 4 is 17.5 Å². The van der Waals surface area contributed by atoms with Crippen LogP contribution in [0.3, 0.4) is 0 Å². The first-order valence-electron chi connectivity index (χ1n) is 10.9. The van der Waals surface area contributed by atoms with Crippen LogP contribution in [0.25, 0.3) is 11.1 Å². The van der Waals surface area contributed by atoms with Crippen LogP contribution in [0.5, 0.6) is 11.6 Å². The van der Waals surface area contributed by atoms with Crippen molar-refractivity contribution in [3.8, 4) is 22.8 Å². The van der Waals surface area contributed by atoms with Crippen molar-refractivity contribution < 1.29 is 18.6 Å². The van der Waals surface area contributed by atoms with E-state index in [9.17, 15) is 4.39 Å². The van der Waals surface area contributed by atoms with E-state index in [2.05, 4.69) is 20.3 Å². The molecule has 3 aromatic rings. The quantitative estimate of drug-likeness (QED) is 0.562. The predicted molar refractivity (Wildman–Crippen MR) is 125 cm³/mol. The molecule has 1 saturated heterocycles.